The van der Waals surface area contributed by atoms with Crippen LogP contribution in [0.2, 0.25) is 5.02 Å². The van der Waals surface area contributed by atoms with Crippen LogP contribution in [0.1, 0.15) is 6.92 Å². The molecule has 0 aliphatic carbocycles. The fourth-order valence-corrected chi connectivity index (χ4v) is 5.31. The summed E-state index contributed by atoms with van der Waals surface area (Å²) in [4.78, 5) is 12.9. The number of carbonyl (C=O) groups excluding carboxylic acids is 1. The summed E-state index contributed by atoms with van der Waals surface area (Å²) in [5.41, 5.74) is 1.04. The highest BCUT2D eigenvalue weighted by Crippen LogP contribution is 2.43. The van der Waals surface area contributed by atoms with Crippen LogP contribution < -0.4 is 9.62 Å². The van der Waals surface area contributed by atoms with Gasteiger partial charge in [-0.3, -0.25) is 9.10 Å². The molecule has 1 N–H and O–H groups in total. The molecule has 0 spiro atoms. The van der Waals surface area contributed by atoms with Crippen LogP contribution in [0.4, 0.5) is 11.4 Å². The Morgan fingerprint density at radius 3 is 2.50 bits per heavy atom. The normalized spacial score (nSPS) is 15.8. The first-order valence-corrected chi connectivity index (χ1v) is 9.84. The Bertz CT molecular complexity index is 1140. The van der Waals surface area contributed by atoms with Gasteiger partial charge >= 0.3 is 0 Å². The Morgan fingerprint density at radius 2 is 1.77 bits per heavy atom. The Morgan fingerprint density at radius 1 is 1.08 bits per heavy atom. The van der Waals surface area contributed by atoms with E-state index in [4.69, 9.17) is 11.6 Å². The van der Waals surface area contributed by atoms with E-state index in [0.29, 0.717) is 21.8 Å². The van der Waals surface area contributed by atoms with Crippen LogP contribution in [0.15, 0.2) is 65.6 Å². The molecular formula is C19H15ClN2O3S. The number of anilines is 2. The van der Waals surface area contributed by atoms with Gasteiger partial charge in [0.2, 0.25) is 5.91 Å². The maximum atomic E-state index is 13.0. The van der Waals surface area contributed by atoms with Gasteiger partial charge in [0.15, 0.2) is 0 Å². The molecule has 7 heteroatoms. The van der Waals surface area contributed by atoms with Crippen molar-refractivity contribution < 1.29 is 13.2 Å². The number of hydrogen-bond acceptors (Lipinski definition) is 3. The molecule has 26 heavy (non-hydrogen) atoms. The van der Waals surface area contributed by atoms with E-state index in [9.17, 15) is 13.2 Å². The minimum absolute atomic E-state index is 0.230. The van der Waals surface area contributed by atoms with Crippen molar-refractivity contribution in [1.82, 2.24) is 0 Å². The standard InChI is InChI=1S/C19H15ClN2O3S/c1-12(19(23)21-15-8-4-7-14(20)11-15)22-16-9-2-5-13-6-3-10-17(18(13)16)26(22,24)25/h2-12H,1H3,(H,21,23)/t12-/m0/s1. The molecule has 0 bridgehead atoms. The Labute approximate surface area is 156 Å². The molecule has 3 aromatic rings. The van der Waals surface area contributed by atoms with Crippen LogP contribution in [-0.2, 0) is 14.8 Å². The number of rotatable bonds is 3. The predicted octanol–water partition coefficient (Wildman–Crippen LogP) is 4.03. The number of halogens is 1. The monoisotopic (exact) mass is 386 g/mol. The van der Waals surface area contributed by atoms with Crippen molar-refractivity contribution in [3.05, 3.63) is 65.7 Å². The molecule has 1 aliphatic heterocycles. The largest absolute Gasteiger partial charge is 0.324 e. The number of hydrogen-bond donors (Lipinski definition) is 1. The molecule has 0 fully saturated rings. The molecule has 0 aromatic heterocycles. The second-order valence-corrected chi connectivity index (χ2v) is 8.33. The van der Waals surface area contributed by atoms with E-state index >= 15 is 0 Å². The molecule has 3 aromatic carbocycles. The second kappa shape index (κ2) is 6.00. The van der Waals surface area contributed by atoms with Gasteiger partial charge in [0, 0.05) is 16.1 Å². The molecule has 0 saturated heterocycles. The van der Waals surface area contributed by atoms with Crippen molar-refractivity contribution in [1.29, 1.82) is 0 Å². The fraction of sp³-hybridized carbons (Fsp3) is 0.105. The summed E-state index contributed by atoms with van der Waals surface area (Å²) in [5, 5.41) is 4.69. The lowest BCUT2D eigenvalue weighted by molar-refractivity contribution is -0.116. The second-order valence-electron chi connectivity index (χ2n) is 6.11. The third-order valence-corrected chi connectivity index (χ3v) is 6.60. The van der Waals surface area contributed by atoms with Crippen LogP contribution in [0.5, 0.6) is 0 Å². The molecule has 4 rings (SSSR count). The SMILES string of the molecule is C[C@@H](C(=O)Nc1cccc(Cl)c1)N1c2cccc3cccc(c23)S1(=O)=O. The molecule has 1 amide bonds. The zero-order valence-corrected chi connectivity index (χ0v) is 15.4. The van der Waals surface area contributed by atoms with E-state index in [1.165, 1.54) is 4.31 Å². The van der Waals surface area contributed by atoms with E-state index < -0.39 is 22.0 Å². The number of carbonyl (C=O) groups is 1. The zero-order chi connectivity index (χ0) is 18.5. The number of nitrogens with zero attached hydrogens (tertiary/aromatic N) is 1. The summed E-state index contributed by atoms with van der Waals surface area (Å²) in [6, 6.07) is 16.3. The lowest BCUT2D eigenvalue weighted by atomic mass is 10.1. The third kappa shape index (κ3) is 2.53. The molecule has 5 nitrogen and oxygen atoms in total. The maximum absolute atomic E-state index is 13.0. The average Bonchev–Trinajstić information content (AvgIpc) is 2.83. The van der Waals surface area contributed by atoms with Gasteiger partial charge in [-0.15, -0.1) is 0 Å². The third-order valence-electron chi connectivity index (χ3n) is 4.44. The number of amides is 1. The Kier molecular flexibility index (Phi) is 3.89. The lowest BCUT2D eigenvalue weighted by Gasteiger charge is -2.25. The van der Waals surface area contributed by atoms with Crippen molar-refractivity contribution in [3.63, 3.8) is 0 Å². The number of sulfonamides is 1. The molecule has 0 saturated carbocycles. The van der Waals surface area contributed by atoms with Crippen molar-refractivity contribution in [2.75, 3.05) is 9.62 Å². The predicted molar refractivity (Wildman–Crippen MR) is 103 cm³/mol. The van der Waals surface area contributed by atoms with E-state index in [1.807, 2.05) is 12.1 Å². The summed E-state index contributed by atoms with van der Waals surface area (Å²) in [7, 11) is -3.80. The molecule has 1 atom stereocenters. The van der Waals surface area contributed by atoms with Gasteiger partial charge in [-0.1, -0.05) is 41.9 Å². The first-order valence-electron chi connectivity index (χ1n) is 8.02. The van der Waals surface area contributed by atoms with E-state index in [-0.39, 0.29) is 4.90 Å². The highest BCUT2D eigenvalue weighted by atomic mass is 35.5. The Hall–Kier alpha value is -2.57. The number of nitrogens with one attached hydrogen (secondary N) is 1. The van der Waals surface area contributed by atoms with E-state index in [2.05, 4.69) is 5.32 Å². The average molecular weight is 387 g/mol. The highest BCUT2D eigenvalue weighted by molar-refractivity contribution is 7.93. The van der Waals surface area contributed by atoms with Gasteiger partial charge in [-0.05, 0) is 42.6 Å². The minimum Gasteiger partial charge on any atom is -0.324 e. The molecular weight excluding hydrogens is 372 g/mol. The lowest BCUT2D eigenvalue weighted by Crippen LogP contribution is -2.43. The molecule has 0 unspecified atom stereocenters. The van der Waals surface area contributed by atoms with E-state index in [1.54, 1.807) is 55.5 Å². The van der Waals surface area contributed by atoms with Crippen LogP contribution >= 0.6 is 11.6 Å². The van der Waals surface area contributed by atoms with Gasteiger partial charge in [0.05, 0.1) is 10.6 Å². The summed E-state index contributed by atoms with van der Waals surface area (Å²) in [6.07, 6.45) is 0. The van der Waals surface area contributed by atoms with Gasteiger partial charge in [-0.25, -0.2) is 8.42 Å². The number of benzene rings is 3. The van der Waals surface area contributed by atoms with Crippen LogP contribution in [-0.4, -0.2) is 20.4 Å². The van der Waals surface area contributed by atoms with Crippen LogP contribution in [0, 0.1) is 0 Å². The molecule has 132 valence electrons. The van der Waals surface area contributed by atoms with Crippen molar-refractivity contribution >= 4 is 49.7 Å². The smallest absolute Gasteiger partial charge is 0.265 e. The van der Waals surface area contributed by atoms with Gasteiger partial charge < -0.3 is 5.32 Å². The highest BCUT2D eigenvalue weighted by Gasteiger charge is 2.40. The maximum Gasteiger partial charge on any atom is 0.265 e. The molecule has 1 aliphatic rings. The van der Waals surface area contributed by atoms with Crippen LogP contribution in [0.3, 0.4) is 0 Å². The van der Waals surface area contributed by atoms with Gasteiger partial charge in [0.25, 0.3) is 10.0 Å². The van der Waals surface area contributed by atoms with Crippen molar-refractivity contribution in [2.45, 2.75) is 17.9 Å². The first-order chi connectivity index (χ1) is 12.4. The molecule has 0 radical (unpaired) electrons. The molecule has 1 heterocycles. The Balaban J connectivity index is 1.74. The fourth-order valence-electron chi connectivity index (χ4n) is 3.26. The summed E-state index contributed by atoms with van der Waals surface area (Å²) < 4.78 is 27.3. The van der Waals surface area contributed by atoms with Gasteiger partial charge in [-0.2, -0.15) is 0 Å². The quantitative estimate of drug-likeness (QED) is 0.739. The summed E-state index contributed by atoms with van der Waals surface area (Å²) in [5.74, 6) is -0.430. The van der Waals surface area contributed by atoms with Crippen LogP contribution in [0.25, 0.3) is 10.8 Å². The first kappa shape index (κ1) is 16.9. The van der Waals surface area contributed by atoms with Gasteiger partial charge in [0.1, 0.15) is 6.04 Å². The summed E-state index contributed by atoms with van der Waals surface area (Å²) >= 11 is 5.94. The van der Waals surface area contributed by atoms with Crippen molar-refractivity contribution in [3.8, 4) is 0 Å². The van der Waals surface area contributed by atoms with E-state index in [0.717, 1.165) is 5.39 Å². The topological polar surface area (TPSA) is 66.5 Å². The zero-order valence-electron chi connectivity index (χ0n) is 13.8. The van der Waals surface area contributed by atoms with Crippen molar-refractivity contribution in [2.24, 2.45) is 0 Å². The summed E-state index contributed by atoms with van der Waals surface area (Å²) in [6.45, 7) is 1.57. The minimum atomic E-state index is -3.80.